The number of nitrogens with zero attached hydrogens (tertiary/aromatic N) is 2. The lowest BCUT2D eigenvalue weighted by Crippen LogP contribution is -2.31. The van der Waals surface area contributed by atoms with E-state index in [0.717, 1.165) is 6.42 Å². The van der Waals surface area contributed by atoms with E-state index < -0.39 is 5.97 Å². The maximum Gasteiger partial charge on any atom is 0.328 e. The van der Waals surface area contributed by atoms with Gasteiger partial charge in [0.2, 0.25) is 0 Å². The van der Waals surface area contributed by atoms with Crippen LogP contribution in [-0.4, -0.2) is 34.8 Å². The minimum atomic E-state index is -0.514. The predicted octanol–water partition coefficient (Wildman–Crippen LogP) is 0.788. The fraction of sp³-hybridized carbons (Fsp3) is 0.643. The summed E-state index contributed by atoms with van der Waals surface area (Å²) in [5.74, 6) is -0.291. The number of aromatic nitrogens is 2. The Morgan fingerprint density at radius 2 is 2.05 bits per heavy atom. The van der Waals surface area contributed by atoms with Gasteiger partial charge < -0.3 is 15.8 Å². The summed E-state index contributed by atoms with van der Waals surface area (Å²) in [5.41, 5.74) is 7.73. The van der Waals surface area contributed by atoms with E-state index in [1.54, 1.807) is 13.8 Å². The number of carbonyl (C=O) groups is 2. The van der Waals surface area contributed by atoms with E-state index in [4.69, 9.17) is 10.5 Å². The molecular formula is C14H24N4O3. The monoisotopic (exact) mass is 296 g/mol. The van der Waals surface area contributed by atoms with Crippen LogP contribution in [0.1, 0.15) is 31.7 Å². The van der Waals surface area contributed by atoms with E-state index in [1.165, 1.54) is 4.68 Å². The number of ether oxygens (including phenoxy) is 1. The van der Waals surface area contributed by atoms with Crippen LogP contribution in [0.5, 0.6) is 0 Å². The van der Waals surface area contributed by atoms with E-state index in [2.05, 4.69) is 24.3 Å². The van der Waals surface area contributed by atoms with Crippen molar-refractivity contribution in [1.82, 2.24) is 15.1 Å². The summed E-state index contributed by atoms with van der Waals surface area (Å²) in [5, 5.41) is 6.84. The Labute approximate surface area is 124 Å². The van der Waals surface area contributed by atoms with Crippen molar-refractivity contribution >= 4 is 17.6 Å². The van der Waals surface area contributed by atoms with Crippen molar-refractivity contribution < 1.29 is 14.3 Å². The van der Waals surface area contributed by atoms with E-state index in [-0.39, 0.29) is 19.1 Å². The van der Waals surface area contributed by atoms with Crippen LogP contribution in [0.4, 0.5) is 5.69 Å². The number of nitrogens with one attached hydrogen (secondary N) is 1. The molecule has 0 saturated heterocycles. The number of hydrogen-bond acceptors (Lipinski definition) is 5. The zero-order chi connectivity index (χ0) is 16.0. The highest BCUT2D eigenvalue weighted by molar-refractivity contribution is 5.80. The van der Waals surface area contributed by atoms with Crippen molar-refractivity contribution in [3.8, 4) is 0 Å². The van der Waals surface area contributed by atoms with E-state index >= 15 is 0 Å². The third-order valence-corrected chi connectivity index (χ3v) is 3.12. The first-order valence-corrected chi connectivity index (χ1v) is 7.03. The van der Waals surface area contributed by atoms with Gasteiger partial charge in [0, 0.05) is 6.54 Å². The number of carbonyl (C=O) groups excluding carboxylic acids is 2. The molecule has 7 nitrogen and oxygen atoms in total. The number of hydrogen-bond donors (Lipinski definition) is 2. The molecule has 1 rings (SSSR count). The second kappa shape index (κ2) is 7.66. The lowest BCUT2D eigenvalue weighted by Gasteiger charge is -2.08. The van der Waals surface area contributed by atoms with Crippen LogP contribution in [0, 0.1) is 19.8 Å². The molecule has 0 aliphatic rings. The Balaban J connectivity index is 2.34. The standard InChI is InChI=1S/C14H24N4O3/c1-9(2)5-6-16-12(19)8-21-13(20)7-18-11(4)14(15)10(3)17-18/h9H,5-8,15H2,1-4H3,(H,16,19). The first-order valence-electron chi connectivity index (χ1n) is 7.03. The van der Waals surface area contributed by atoms with Crippen molar-refractivity contribution in [2.45, 2.75) is 40.7 Å². The molecule has 1 aromatic rings. The van der Waals surface area contributed by atoms with Gasteiger partial charge >= 0.3 is 5.97 Å². The SMILES string of the molecule is Cc1nn(CC(=O)OCC(=O)NCCC(C)C)c(C)c1N. The van der Waals surface area contributed by atoms with Gasteiger partial charge in [-0.25, -0.2) is 0 Å². The molecule has 7 heteroatoms. The summed E-state index contributed by atoms with van der Waals surface area (Å²) >= 11 is 0. The fourth-order valence-corrected chi connectivity index (χ4v) is 1.73. The molecule has 0 aromatic carbocycles. The molecule has 0 atom stereocenters. The minimum Gasteiger partial charge on any atom is -0.454 e. The highest BCUT2D eigenvalue weighted by Crippen LogP contribution is 2.14. The van der Waals surface area contributed by atoms with Crippen LogP contribution < -0.4 is 11.1 Å². The number of anilines is 1. The van der Waals surface area contributed by atoms with Gasteiger partial charge in [0.15, 0.2) is 6.61 Å². The Morgan fingerprint density at radius 3 is 2.57 bits per heavy atom. The summed E-state index contributed by atoms with van der Waals surface area (Å²) in [6.45, 7) is 7.96. The largest absolute Gasteiger partial charge is 0.454 e. The Kier molecular flexibility index (Phi) is 6.20. The van der Waals surface area contributed by atoms with Crippen molar-refractivity contribution in [2.24, 2.45) is 5.92 Å². The third-order valence-electron chi connectivity index (χ3n) is 3.12. The number of nitrogen functional groups attached to an aromatic ring is 1. The molecule has 0 saturated carbocycles. The van der Waals surface area contributed by atoms with Gasteiger partial charge in [0.25, 0.3) is 5.91 Å². The molecule has 0 unspecified atom stereocenters. The first kappa shape index (κ1) is 17.0. The van der Waals surface area contributed by atoms with Gasteiger partial charge in [0.1, 0.15) is 6.54 Å². The van der Waals surface area contributed by atoms with Crippen molar-refractivity contribution in [3.63, 3.8) is 0 Å². The maximum atomic E-state index is 11.7. The summed E-state index contributed by atoms with van der Waals surface area (Å²) in [6, 6.07) is 0. The highest BCUT2D eigenvalue weighted by atomic mass is 16.5. The molecule has 3 N–H and O–H groups in total. The predicted molar refractivity (Wildman–Crippen MR) is 79.5 cm³/mol. The van der Waals surface area contributed by atoms with Gasteiger partial charge in [-0.1, -0.05) is 13.8 Å². The van der Waals surface area contributed by atoms with Gasteiger partial charge in [-0.05, 0) is 26.2 Å². The van der Waals surface area contributed by atoms with Gasteiger partial charge in [-0.2, -0.15) is 5.10 Å². The van der Waals surface area contributed by atoms with Crippen molar-refractivity contribution in [3.05, 3.63) is 11.4 Å². The van der Waals surface area contributed by atoms with Crippen molar-refractivity contribution in [1.29, 1.82) is 0 Å². The number of rotatable bonds is 7. The van der Waals surface area contributed by atoms with Gasteiger partial charge in [-0.15, -0.1) is 0 Å². The summed E-state index contributed by atoms with van der Waals surface area (Å²) in [4.78, 5) is 23.1. The van der Waals surface area contributed by atoms with Gasteiger partial charge in [0.05, 0.1) is 17.1 Å². The minimum absolute atomic E-state index is 0.0524. The lowest BCUT2D eigenvalue weighted by molar-refractivity contribution is -0.149. The second-order valence-electron chi connectivity index (χ2n) is 5.44. The Hall–Kier alpha value is -2.05. The quantitative estimate of drug-likeness (QED) is 0.725. The fourth-order valence-electron chi connectivity index (χ4n) is 1.73. The van der Waals surface area contributed by atoms with E-state index in [0.29, 0.717) is 29.5 Å². The van der Waals surface area contributed by atoms with Crippen LogP contribution in [0.15, 0.2) is 0 Å². The topological polar surface area (TPSA) is 99.2 Å². The smallest absolute Gasteiger partial charge is 0.328 e. The lowest BCUT2D eigenvalue weighted by atomic mass is 10.1. The molecular weight excluding hydrogens is 272 g/mol. The zero-order valence-corrected chi connectivity index (χ0v) is 13.1. The maximum absolute atomic E-state index is 11.7. The Bertz CT molecular complexity index is 509. The number of nitrogens with two attached hydrogens (primary N) is 1. The molecule has 21 heavy (non-hydrogen) atoms. The second-order valence-corrected chi connectivity index (χ2v) is 5.44. The molecule has 0 aliphatic carbocycles. The zero-order valence-electron chi connectivity index (χ0n) is 13.1. The van der Waals surface area contributed by atoms with Crippen LogP contribution in [0.2, 0.25) is 0 Å². The van der Waals surface area contributed by atoms with Crippen LogP contribution >= 0.6 is 0 Å². The van der Waals surface area contributed by atoms with Crippen LogP contribution in [0.3, 0.4) is 0 Å². The summed E-state index contributed by atoms with van der Waals surface area (Å²) in [6.07, 6.45) is 0.894. The molecule has 0 fully saturated rings. The van der Waals surface area contributed by atoms with Gasteiger partial charge in [-0.3, -0.25) is 14.3 Å². The summed E-state index contributed by atoms with van der Waals surface area (Å²) in [7, 11) is 0. The molecule has 1 heterocycles. The van der Waals surface area contributed by atoms with Crippen LogP contribution in [0.25, 0.3) is 0 Å². The molecule has 0 spiro atoms. The van der Waals surface area contributed by atoms with E-state index in [1.807, 2.05) is 0 Å². The number of esters is 1. The molecule has 0 bridgehead atoms. The normalized spacial score (nSPS) is 10.7. The van der Waals surface area contributed by atoms with E-state index in [9.17, 15) is 9.59 Å². The third kappa shape index (κ3) is 5.45. The molecule has 0 aliphatic heterocycles. The summed E-state index contributed by atoms with van der Waals surface area (Å²) < 4.78 is 6.39. The number of amides is 1. The number of aryl methyl sites for hydroxylation is 1. The Morgan fingerprint density at radius 1 is 1.38 bits per heavy atom. The molecule has 1 amide bonds. The molecule has 0 radical (unpaired) electrons. The van der Waals surface area contributed by atoms with Crippen LogP contribution in [-0.2, 0) is 20.9 Å². The first-order chi connectivity index (χ1) is 9.81. The average Bonchev–Trinajstić information content (AvgIpc) is 2.63. The average molecular weight is 296 g/mol. The molecule has 118 valence electrons. The highest BCUT2D eigenvalue weighted by Gasteiger charge is 2.13. The molecule has 1 aromatic heterocycles. The van der Waals surface area contributed by atoms with Crippen molar-refractivity contribution in [2.75, 3.05) is 18.9 Å².